The molecule has 124 valence electrons. The van der Waals surface area contributed by atoms with Crippen molar-refractivity contribution in [3.63, 3.8) is 0 Å². The molecule has 25 heavy (non-hydrogen) atoms. The number of rotatable bonds is 4. The summed E-state index contributed by atoms with van der Waals surface area (Å²) in [6, 6.07) is 18.6. The van der Waals surface area contributed by atoms with Gasteiger partial charge in [0.1, 0.15) is 11.6 Å². The Balaban J connectivity index is 1.65. The number of aromatic hydroxyl groups is 1. The lowest BCUT2D eigenvalue weighted by Gasteiger charge is -2.06. The third kappa shape index (κ3) is 3.07. The van der Waals surface area contributed by atoms with Crippen LogP contribution in [0.4, 0.5) is 11.8 Å². The zero-order valence-electron chi connectivity index (χ0n) is 13.3. The molecule has 0 spiro atoms. The van der Waals surface area contributed by atoms with Gasteiger partial charge >= 0.3 is 0 Å². The first-order chi connectivity index (χ1) is 12.2. The van der Waals surface area contributed by atoms with Gasteiger partial charge in [-0.15, -0.1) is 5.10 Å². The van der Waals surface area contributed by atoms with E-state index in [2.05, 4.69) is 20.4 Å². The molecular weight excluding hydrogens is 316 g/mol. The number of fused-ring (bicyclic) bond motifs is 1. The molecule has 4 aromatic rings. The zero-order chi connectivity index (χ0) is 17.2. The molecule has 0 aliphatic heterocycles. The van der Waals surface area contributed by atoms with E-state index in [0.717, 1.165) is 5.56 Å². The third-order valence-corrected chi connectivity index (χ3v) is 3.77. The molecule has 4 N–H and O–H groups in total. The quantitative estimate of drug-likeness (QED) is 0.531. The van der Waals surface area contributed by atoms with E-state index in [1.807, 2.05) is 36.4 Å². The largest absolute Gasteiger partial charge is 0.508 e. The van der Waals surface area contributed by atoms with E-state index in [1.165, 1.54) is 4.52 Å². The first kappa shape index (κ1) is 14.9. The van der Waals surface area contributed by atoms with Crippen molar-refractivity contribution in [3.8, 4) is 17.1 Å². The van der Waals surface area contributed by atoms with Gasteiger partial charge < -0.3 is 16.2 Å². The van der Waals surface area contributed by atoms with Crippen molar-refractivity contribution in [2.75, 3.05) is 11.1 Å². The van der Waals surface area contributed by atoms with Crippen molar-refractivity contribution in [2.24, 2.45) is 0 Å². The number of hydrogen-bond donors (Lipinski definition) is 3. The summed E-state index contributed by atoms with van der Waals surface area (Å²) >= 11 is 0. The molecule has 2 heterocycles. The number of nitrogens with zero attached hydrogens (tertiary/aromatic N) is 4. The summed E-state index contributed by atoms with van der Waals surface area (Å²) < 4.78 is 1.48. The molecular formula is C18H16N6O. The maximum Gasteiger partial charge on any atom is 0.225 e. The van der Waals surface area contributed by atoms with Gasteiger partial charge in [-0.05, 0) is 17.7 Å². The van der Waals surface area contributed by atoms with Crippen LogP contribution in [-0.2, 0) is 6.54 Å². The van der Waals surface area contributed by atoms with Crippen molar-refractivity contribution in [1.82, 2.24) is 19.6 Å². The lowest BCUT2D eigenvalue weighted by atomic mass is 10.2. The maximum atomic E-state index is 9.62. The molecule has 7 heteroatoms. The number of benzene rings is 2. The summed E-state index contributed by atoms with van der Waals surface area (Å²) in [4.78, 5) is 8.80. The van der Waals surface area contributed by atoms with Crippen LogP contribution in [0, 0.1) is 0 Å². The topological polar surface area (TPSA) is 101 Å². The van der Waals surface area contributed by atoms with Gasteiger partial charge in [0.25, 0.3) is 0 Å². The highest BCUT2D eigenvalue weighted by molar-refractivity contribution is 5.63. The van der Waals surface area contributed by atoms with Crippen LogP contribution in [0.15, 0.2) is 60.7 Å². The van der Waals surface area contributed by atoms with E-state index in [1.54, 1.807) is 24.3 Å². The fourth-order valence-corrected chi connectivity index (χ4v) is 2.56. The molecule has 0 atom stereocenters. The third-order valence-electron chi connectivity index (χ3n) is 3.77. The average molecular weight is 332 g/mol. The van der Waals surface area contributed by atoms with Gasteiger partial charge in [-0.25, -0.2) is 4.98 Å². The van der Waals surface area contributed by atoms with Gasteiger partial charge in [0.2, 0.25) is 5.95 Å². The summed E-state index contributed by atoms with van der Waals surface area (Å²) in [7, 11) is 0. The fraction of sp³-hybridized carbons (Fsp3) is 0.0556. The Kier molecular flexibility index (Phi) is 3.66. The molecule has 0 radical (unpaired) electrons. The number of nitrogen functional groups attached to an aromatic ring is 1. The van der Waals surface area contributed by atoms with Gasteiger partial charge in [0.15, 0.2) is 11.5 Å². The minimum absolute atomic E-state index is 0.160. The predicted octanol–water partition coefficient (Wildman–Crippen LogP) is 2.69. The number of phenols is 1. The molecule has 0 bridgehead atoms. The Labute approximate surface area is 143 Å². The maximum absolute atomic E-state index is 9.62. The number of nitrogens with one attached hydrogen (secondary N) is 1. The SMILES string of the molecule is Nc1nc(NCc2ccccc2)cc2nc(-c3cccc(O)c3)nn12. The number of nitrogens with two attached hydrogens (primary N) is 1. The molecule has 0 fully saturated rings. The molecule has 4 rings (SSSR count). The van der Waals surface area contributed by atoms with E-state index >= 15 is 0 Å². The van der Waals surface area contributed by atoms with E-state index in [9.17, 15) is 5.11 Å². The second-order valence-corrected chi connectivity index (χ2v) is 5.59. The monoisotopic (exact) mass is 332 g/mol. The summed E-state index contributed by atoms with van der Waals surface area (Å²) in [5.41, 5.74) is 8.45. The van der Waals surface area contributed by atoms with Crippen molar-refractivity contribution < 1.29 is 5.11 Å². The number of hydrogen-bond acceptors (Lipinski definition) is 6. The van der Waals surface area contributed by atoms with Crippen LogP contribution in [0.5, 0.6) is 5.75 Å². The van der Waals surface area contributed by atoms with Gasteiger partial charge in [0.05, 0.1) is 0 Å². The highest BCUT2D eigenvalue weighted by Crippen LogP contribution is 2.22. The molecule has 0 aliphatic rings. The molecule has 0 amide bonds. The fourth-order valence-electron chi connectivity index (χ4n) is 2.56. The van der Waals surface area contributed by atoms with Crippen LogP contribution in [0.1, 0.15) is 5.56 Å². The molecule has 0 saturated heterocycles. The predicted molar refractivity (Wildman–Crippen MR) is 96.1 cm³/mol. The lowest BCUT2D eigenvalue weighted by molar-refractivity contribution is 0.475. The first-order valence-corrected chi connectivity index (χ1v) is 7.79. The minimum Gasteiger partial charge on any atom is -0.508 e. The molecule has 2 aromatic carbocycles. The highest BCUT2D eigenvalue weighted by atomic mass is 16.3. The molecule has 0 aliphatic carbocycles. The van der Waals surface area contributed by atoms with Crippen LogP contribution in [0.3, 0.4) is 0 Å². The Bertz CT molecular complexity index is 1030. The van der Waals surface area contributed by atoms with Gasteiger partial charge in [-0.3, -0.25) is 0 Å². The van der Waals surface area contributed by atoms with E-state index < -0.39 is 0 Å². The van der Waals surface area contributed by atoms with Gasteiger partial charge in [0, 0.05) is 18.2 Å². The van der Waals surface area contributed by atoms with Crippen LogP contribution < -0.4 is 11.1 Å². The van der Waals surface area contributed by atoms with Crippen LogP contribution in [0.25, 0.3) is 17.0 Å². The van der Waals surface area contributed by atoms with Crippen molar-refractivity contribution in [2.45, 2.75) is 6.54 Å². The first-order valence-electron chi connectivity index (χ1n) is 7.79. The highest BCUT2D eigenvalue weighted by Gasteiger charge is 2.11. The van der Waals surface area contributed by atoms with Gasteiger partial charge in [-0.1, -0.05) is 42.5 Å². The van der Waals surface area contributed by atoms with E-state index in [4.69, 9.17) is 5.73 Å². The van der Waals surface area contributed by atoms with Crippen molar-refractivity contribution in [1.29, 1.82) is 0 Å². The lowest BCUT2D eigenvalue weighted by Crippen LogP contribution is -2.07. The summed E-state index contributed by atoms with van der Waals surface area (Å²) in [5, 5.41) is 17.2. The number of anilines is 2. The summed E-state index contributed by atoms with van der Waals surface area (Å²) in [6.07, 6.45) is 0. The molecule has 2 aromatic heterocycles. The Morgan fingerprint density at radius 2 is 1.84 bits per heavy atom. The average Bonchev–Trinajstić information content (AvgIpc) is 3.06. The zero-order valence-corrected chi connectivity index (χ0v) is 13.3. The molecule has 0 saturated carbocycles. The normalized spacial score (nSPS) is 10.9. The summed E-state index contributed by atoms with van der Waals surface area (Å²) in [5.74, 6) is 1.51. The molecule has 7 nitrogen and oxygen atoms in total. The van der Waals surface area contributed by atoms with Crippen LogP contribution in [-0.4, -0.2) is 24.7 Å². The van der Waals surface area contributed by atoms with Gasteiger partial charge in [-0.2, -0.15) is 9.50 Å². The second-order valence-electron chi connectivity index (χ2n) is 5.59. The number of aromatic nitrogens is 4. The smallest absolute Gasteiger partial charge is 0.225 e. The van der Waals surface area contributed by atoms with Crippen LogP contribution in [0.2, 0.25) is 0 Å². The second kappa shape index (κ2) is 6.12. The Morgan fingerprint density at radius 1 is 1.00 bits per heavy atom. The van der Waals surface area contributed by atoms with E-state index in [-0.39, 0.29) is 11.7 Å². The standard InChI is InChI=1S/C18H16N6O/c19-18-21-15(20-11-12-5-2-1-3-6-12)10-16-22-17(23-24(16)18)13-7-4-8-14(25)9-13/h1-10,20,25H,11H2,(H2,19,21). The summed E-state index contributed by atoms with van der Waals surface area (Å²) in [6.45, 7) is 0.636. The molecule has 0 unspecified atom stereocenters. The number of phenolic OH excluding ortho intramolecular Hbond substituents is 1. The van der Waals surface area contributed by atoms with Crippen molar-refractivity contribution in [3.05, 3.63) is 66.2 Å². The Hall–Kier alpha value is -3.61. The minimum atomic E-state index is 0.160. The van der Waals surface area contributed by atoms with Crippen LogP contribution >= 0.6 is 0 Å². The Morgan fingerprint density at radius 3 is 2.64 bits per heavy atom. The van der Waals surface area contributed by atoms with Crippen molar-refractivity contribution >= 4 is 17.4 Å². The van der Waals surface area contributed by atoms with E-state index in [0.29, 0.717) is 29.4 Å².